The third-order valence-corrected chi connectivity index (χ3v) is 6.41. The Morgan fingerprint density at radius 2 is 1.21 bits per heavy atom. The Hall–Kier alpha value is -2.21. The minimum Gasteiger partial charge on any atom is -0.411 e. The molecule has 0 saturated carbocycles. The first-order valence-electron chi connectivity index (χ1n) is 9.88. The molecule has 152 valence electrons. The average molecular weight is 456 g/mol. The van der Waals surface area contributed by atoms with Gasteiger partial charge in [-0.15, -0.1) is 0 Å². The standard InChI is InChI=1S/C23H26BrN3O2/c1-22(2)9-15-20(17(11-22)26-28)19(13-5-7-14(24)8-6-13)21-16(25-15)10-23(3,4)12-18(21)27-29/h5-8,28-29H,9-12H2,1-4H3. The molecule has 2 aliphatic carbocycles. The molecule has 0 saturated heterocycles. The van der Waals surface area contributed by atoms with E-state index in [-0.39, 0.29) is 10.8 Å². The van der Waals surface area contributed by atoms with Crippen molar-refractivity contribution < 1.29 is 10.4 Å². The fourth-order valence-electron chi connectivity index (χ4n) is 4.76. The summed E-state index contributed by atoms with van der Waals surface area (Å²) in [4.78, 5) is 5.05. The highest BCUT2D eigenvalue weighted by atomic mass is 79.9. The number of nitrogens with zero attached hydrogens (tertiary/aromatic N) is 3. The molecule has 0 bridgehead atoms. The van der Waals surface area contributed by atoms with Gasteiger partial charge in [0.2, 0.25) is 0 Å². The molecule has 2 N–H and O–H groups in total. The SMILES string of the molecule is CC1(C)CC(=NO)c2c(nc3c(c2-c2ccc(Br)cc2)C(=NO)CC(C)(C)C3)C1. The Bertz CT molecular complexity index is 979. The molecule has 2 aliphatic rings. The highest BCUT2D eigenvalue weighted by Crippen LogP contribution is 2.45. The third kappa shape index (κ3) is 3.59. The van der Waals surface area contributed by atoms with Crippen molar-refractivity contribution >= 4 is 27.4 Å². The van der Waals surface area contributed by atoms with Crippen LogP contribution in [0.3, 0.4) is 0 Å². The minimum atomic E-state index is -0.0368. The van der Waals surface area contributed by atoms with Gasteiger partial charge in [-0.25, -0.2) is 0 Å². The van der Waals surface area contributed by atoms with Gasteiger partial charge in [0.05, 0.1) is 22.8 Å². The smallest absolute Gasteiger partial charge is 0.0898 e. The van der Waals surface area contributed by atoms with Crippen LogP contribution in [0.1, 0.15) is 63.1 Å². The number of hydrogen-bond donors (Lipinski definition) is 2. The van der Waals surface area contributed by atoms with Crippen LogP contribution >= 0.6 is 15.9 Å². The van der Waals surface area contributed by atoms with Crippen molar-refractivity contribution in [1.82, 2.24) is 4.98 Å². The van der Waals surface area contributed by atoms with Gasteiger partial charge < -0.3 is 10.4 Å². The largest absolute Gasteiger partial charge is 0.411 e. The molecule has 6 heteroatoms. The lowest BCUT2D eigenvalue weighted by atomic mass is 9.69. The Morgan fingerprint density at radius 3 is 1.62 bits per heavy atom. The number of aromatic nitrogens is 1. The molecular weight excluding hydrogens is 430 g/mol. The van der Waals surface area contributed by atoms with E-state index in [9.17, 15) is 10.4 Å². The van der Waals surface area contributed by atoms with Crippen LogP contribution in [0.15, 0.2) is 39.0 Å². The van der Waals surface area contributed by atoms with Crippen LogP contribution in [0.25, 0.3) is 11.1 Å². The molecule has 29 heavy (non-hydrogen) atoms. The van der Waals surface area contributed by atoms with Crippen LogP contribution in [0.4, 0.5) is 0 Å². The summed E-state index contributed by atoms with van der Waals surface area (Å²) < 4.78 is 0.993. The van der Waals surface area contributed by atoms with Gasteiger partial charge >= 0.3 is 0 Å². The number of hydrogen-bond acceptors (Lipinski definition) is 5. The average Bonchev–Trinajstić information content (AvgIpc) is 2.64. The molecular formula is C23H26BrN3O2. The molecule has 1 heterocycles. The summed E-state index contributed by atoms with van der Waals surface area (Å²) in [5, 5.41) is 27.1. The van der Waals surface area contributed by atoms with Crippen molar-refractivity contribution in [2.45, 2.75) is 53.4 Å². The zero-order valence-corrected chi connectivity index (χ0v) is 18.8. The lowest BCUT2D eigenvalue weighted by molar-refractivity contribution is 0.303. The fraction of sp³-hybridized carbons (Fsp3) is 0.435. The maximum absolute atomic E-state index is 9.87. The maximum Gasteiger partial charge on any atom is 0.0898 e. The highest BCUT2D eigenvalue weighted by Gasteiger charge is 2.39. The van der Waals surface area contributed by atoms with Gasteiger partial charge in [0, 0.05) is 21.2 Å². The second-order valence-electron chi connectivity index (χ2n) is 9.77. The monoisotopic (exact) mass is 455 g/mol. The van der Waals surface area contributed by atoms with Gasteiger partial charge in [0.1, 0.15) is 0 Å². The summed E-state index contributed by atoms with van der Waals surface area (Å²) in [7, 11) is 0. The quantitative estimate of drug-likeness (QED) is 0.420. The molecule has 0 radical (unpaired) electrons. The van der Waals surface area contributed by atoms with Crippen molar-refractivity contribution in [3.05, 3.63) is 51.3 Å². The van der Waals surface area contributed by atoms with Crippen molar-refractivity contribution in [2.24, 2.45) is 21.1 Å². The lowest BCUT2D eigenvalue weighted by Gasteiger charge is -2.37. The molecule has 1 aromatic carbocycles. The van der Waals surface area contributed by atoms with Crippen LogP contribution in [-0.4, -0.2) is 26.8 Å². The zero-order valence-electron chi connectivity index (χ0n) is 17.3. The van der Waals surface area contributed by atoms with Gasteiger partial charge in [-0.3, -0.25) is 4.98 Å². The van der Waals surface area contributed by atoms with E-state index in [1.165, 1.54) is 0 Å². The molecule has 0 unspecified atom stereocenters. The summed E-state index contributed by atoms with van der Waals surface area (Å²) in [6.07, 6.45) is 2.95. The third-order valence-electron chi connectivity index (χ3n) is 5.88. The summed E-state index contributed by atoms with van der Waals surface area (Å²) >= 11 is 3.51. The normalized spacial score (nSPS) is 22.4. The van der Waals surface area contributed by atoms with Crippen molar-refractivity contribution in [3.8, 4) is 11.1 Å². The first-order chi connectivity index (χ1) is 13.6. The predicted octanol–water partition coefficient (Wildman–Crippen LogP) is 5.81. The van der Waals surface area contributed by atoms with E-state index in [1.54, 1.807) is 0 Å². The Morgan fingerprint density at radius 1 is 0.759 bits per heavy atom. The number of pyridine rings is 1. The van der Waals surface area contributed by atoms with Crippen LogP contribution in [0, 0.1) is 10.8 Å². The first kappa shape index (κ1) is 20.1. The Kier molecular flexibility index (Phi) is 4.80. The van der Waals surface area contributed by atoms with E-state index in [2.05, 4.69) is 53.9 Å². The van der Waals surface area contributed by atoms with Crippen LogP contribution in [0.2, 0.25) is 0 Å². The highest BCUT2D eigenvalue weighted by molar-refractivity contribution is 9.10. The van der Waals surface area contributed by atoms with Gasteiger partial charge in [-0.1, -0.05) is 66.1 Å². The van der Waals surface area contributed by atoms with Crippen molar-refractivity contribution in [2.75, 3.05) is 0 Å². The van der Waals surface area contributed by atoms with Crippen LogP contribution < -0.4 is 0 Å². The van der Waals surface area contributed by atoms with Gasteiger partial charge in [0.25, 0.3) is 0 Å². The van der Waals surface area contributed by atoms with E-state index in [1.807, 2.05) is 24.3 Å². The number of halogens is 1. The molecule has 2 aromatic rings. The predicted molar refractivity (Wildman–Crippen MR) is 118 cm³/mol. The number of rotatable bonds is 1. The van der Waals surface area contributed by atoms with Crippen LogP contribution in [0.5, 0.6) is 0 Å². The van der Waals surface area contributed by atoms with Gasteiger partial charge in [-0.2, -0.15) is 0 Å². The van der Waals surface area contributed by atoms with Crippen molar-refractivity contribution in [1.29, 1.82) is 0 Å². The van der Waals surface area contributed by atoms with E-state index in [0.717, 1.165) is 51.0 Å². The second-order valence-corrected chi connectivity index (χ2v) is 10.7. The maximum atomic E-state index is 9.87. The summed E-state index contributed by atoms with van der Waals surface area (Å²) in [6.45, 7) is 8.69. The van der Waals surface area contributed by atoms with E-state index >= 15 is 0 Å². The number of fused-ring (bicyclic) bond motifs is 2. The van der Waals surface area contributed by atoms with E-state index in [0.29, 0.717) is 24.3 Å². The zero-order chi connectivity index (χ0) is 21.0. The summed E-state index contributed by atoms with van der Waals surface area (Å²) in [5.41, 5.74) is 6.87. The van der Waals surface area contributed by atoms with Gasteiger partial charge in [0.15, 0.2) is 0 Å². The van der Waals surface area contributed by atoms with E-state index in [4.69, 9.17) is 4.98 Å². The molecule has 0 amide bonds. The minimum absolute atomic E-state index is 0.0368. The van der Waals surface area contributed by atoms with Gasteiger partial charge in [-0.05, 0) is 54.2 Å². The molecule has 0 spiro atoms. The van der Waals surface area contributed by atoms with Crippen molar-refractivity contribution in [3.63, 3.8) is 0 Å². The molecule has 0 fully saturated rings. The molecule has 5 nitrogen and oxygen atoms in total. The lowest BCUT2D eigenvalue weighted by Crippen LogP contribution is -2.34. The number of benzene rings is 1. The topological polar surface area (TPSA) is 78.1 Å². The first-order valence-corrected chi connectivity index (χ1v) is 10.7. The Balaban J connectivity index is 2.10. The number of oxime groups is 2. The summed E-state index contributed by atoms with van der Waals surface area (Å²) in [5.74, 6) is 0. The summed E-state index contributed by atoms with van der Waals surface area (Å²) in [6, 6.07) is 8.09. The molecule has 1 aromatic heterocycles. The molecule has 0 aliphatic heterocycles. The fourth-order valence-corrected chi connectivity index (χ4v) is 5.02. The molecule has 4 rings (SSSR count). The second kappa shape index (κ2) is 6.94. The van der Waals surface area contributed by atoms with E-state index < -0.39 is 0 Å². The van der Waals surface area contributed by atoms with Crippen LogP contribution in [-0.2, 0) is 12.8 Å². The Labute approximate surface area is 179 Å². The molecule has 0 atom stereocenters.